The lowest BCUT2D eigenvalue weighted by Gasteiger charge is -2.12. The van der Waals surface area contributed by atoms with Gasteiger partial charge in [-0.1, -0.05) is 82.7 Å². The van der Waals surface area contributed by atoms with Gasteiger partial charge < -0.3 is 4.57 Å². The fourth-order valence-electron chi connectivity index (χ4n) is 5.24. The Balaban J connectivity index is 1.78. The van der Waals surface area contributed by atoms with Crippen molar-refractivity contribution >= 4 is 70.1 Å². The molecule has 7 rings (SSSR count). The van der Waals surface area contributed by atoms with Gasteiger partial charge in [-0.25, -0.2) is 0 Å². The smallest absolute Gasteiger partial charge is 0.0547 e. The molecule has 32 heavy (non-hydrogen) atoms. The first-order chi connectivity index (χ1) is 15.8. The predicted octanol–water partition coefficient (Wildman–Crippen LogP) is 9.01. The predicted molar refractivity (Wildman–Crippen MR) is 141 cm³/mol. The van der Waals surface area contributed by atoms with Crippen LogP contribution >= 0.6 is 15.9 Å². The monoisotopic (exact) mass is 471 g/mol. The maximum atomic E-state index is 3.70. The standard InChI is InChI=1S/C30H18BrN/c31-19-14-15-29-27(16-19)28-17-25-23-12-6-4-10-21(23)22-11-5-7-13-24(22)26(25)18-30(28)32(29)20-8-2-1-3-9-20/h1-18H. The highest BCUT2D eigenvalue weighted by Gasteiger charge is 2.16. The summed E-state index contributed by atoms with van der Waals surface area (Å²) >= 11 is 3.70. The molecule has 6 aromatic carbocycles. The molecule has 0 amide bonds. The first-order valence-corrected chi connectivity index (χ1v) is 11.6. The fraction of sp³-hybridized carbons (Fsp3) is 0. The molecule has 0 bridgehead atoms. The second kappa shape index (κ2) is 6.69. The maximum absolute atomic E-state index is 3.70. The topological polar surface area (TPSA) is 4.93 Å². The van der Waals surface area contributed by atoms with Crippen LogP contribution in [0.4, 0.5) is 0 Å². The largest absolute Gasteiger partial charge is 0.309 e. The summed E-state index contributed by atoms with van der Waals surface area (Å²) in [5.74, 6) is 0. The molecule has 0 spiro atoms. The Labute approximate surface area is 193 Å². The summed E-state index contributed by atoms with van der Waals surface area (Å²) in [4.78, 5) is 0. The van der Waals surface area contributed by atoms with Gasteiger partial charge in [0.1, 0.15) is 0 Å². The molecule has 0 fully saturated rings. The highest BCUT2D eigenvalue weighted by Crippen LogP contribution is 2.41. The van der Waals surface area contributed by atoms with Gasteiger partial charge in [0, 0.05) is 20.9 Å². The molecule has 7 aromatic rings. The summed E-state index contributed by atoms with van der Waals surface area (Å²) in [6, 6.07) is 39.6. The number of benzene rings is 6. The summed E-state index contributed by atoms with van der Waals surface area (Å²) in [5, 5.41) is 10.4. The van der Waals surface area contributed by atoms with Gasteiger partial charge in [0.05, 0.1) is 11.0 Å². The normalized spacial score (nSPS) is 11.9. The van der Waals surface area contributed by atoms with E-state index in [4.69, 9.17) is 0 Å². The Morgan fingerprint density at radius 1 is 0.406 bits per heavy atom. The second-order valence-corrected chi connectivity index (χ2v) is 9.25. The third kappa shape index (κ3) is 2.44. The van der Waals surface area contributed by atoms with E-state index < -0.39 is 0 Å². The molecule has 0 radical (unpaired) electrons. The van der Waals surface area contributed by atoms with E-state index in [1.165, 1.54) is 59.8 Å². The van der Waals surface area contributed by atoms with Crippen molar-refractivity contribution in [2.75, 3.05) is 0 Å². The van der Waals surface area contributed by atoms with Gasteiger partial charge in [-0.05, 0) is 74.8 Å². The lowest BCUT2D eigenvalue weighted by molar-refractivity contribution is 1.18. The van der Waals surface area contributed by atoms with Crippen LogP contribution in [0, 0.1) is 0 Å². The number of aromatic nitrogens is 1. The van der Waals surface area contributed by atoms with Crippen molar-refractivity contribution in [2.45, 2.75) is 0 Å². The number of para-hydroxylation sites is 1. The van der Waals surface area contributed by atoms with Crippen LogP contribution in [0.25, 0.3) is 59.8 Å². The van der Waals surface area contributed by atoms with E-state index >= 15 is 0 Å². The van der Waals surface area contributed by atoms with Gasteiger partial charge in [0.2, 0.25) is 0 Å². The van der Waals surface area contributed by atoms with Crippen molar-refractivity contribution in [2.24, 2.45) is 0 Å². The van der Waals surface area contributed by atoms with E-state index in [1.54, 1.807) is 0 Å². The van der Waals surface area contributed by atoms with E-state index in [-0.39, 0.29) is 0 Å². The minimum atomic E-state index is 1.10. The third-order valence-corrected chi connectivity index (χ3v) is 7.10. The van der Waals surface area contributed by atoms with Crippen molar-refractivity contribution < 1.29 is 0 Å². The number of hydrogen-bond acceptors (Lipinski definition) is 0. The fourth-order valence-corrected chi connectivity index (χ4v) is 5.61. The van der Waals surface area contributed by atoms with Crippen molar-refractivity contribution in [3.63, 3.8) is 0 Å². The lowest BCUT2D eigenvalue weighted by Crippen LogP contribution is -1.93. The van der Waals surface area contributed by atoms with E-state index in [1.807, 2.05) is 0 Å². The Hall–Kier alpha value is -3.62. The van der Waals surface area contributed by atoms with E-state index in [2.05, 4.69) is 130 Å². The van der Waals surface area contributed by atoms with Gasteiger partial charge in [-0.2, -0.15) is 0 Å². The molecule has 2 heteroatoms. The minimum Gasteiger partial charge on any atom is -0.309 e. The quantitative estimate of drug-likeness (QED) is 0.210. The Kier molecular flexibility index (Phi) is 3.76. The van der Waals surface area contributed by atoms with Crippen molar-refractivity contribution in [3.8, 4) is 5.69 Å². The number of rotatable bonds is 1. The SMILES string of the molecule is Brc1ccc2c(c1)c1cc3c4ccccc4c4ccccc4c3cc1n2-c1ccccc1. The van der Waals surface area contributed by atoms with Crippen LogP contribution in [-0.2, 0) is 0 Å². The first-order valence-electron chi connectivity index (χ1n) is 10.8. The summed E-state index contributed by atoms with van der Waals surface area (Å²) in [5.41, 5.74) is 3.63. The molecule has 0 aliphatic rings. The average Bonchev–Trinajstić information content (AvgIpc) is 3.16. The van der Waals surface area contributed by atoms with Gasteiger partial charge in [-0.15, -0.1) is 0 Å². The van der Waals surface area contributed by atoms with Crippen LogP contribution in [-0.4, -0.2) is 4.57 Å². The Morgan fingerprint density at radius 3 is 1.59 bits per heavy atom. The molecule has 1 heterocycles. The molecule has 0 unspecified atom stereocenters. The van der Waals surface area contributed by atoms with Crippen LogP contribution in [0.15, 0.2) is 114 Å². The zero-order chi connectivity index (χ0) is 21.2. The zero-order valence-electron chi connectivity index (χ0n) is 17.2. The number of halogens is 1. The summed E-state index contributed by atoms with van der Waals surface area (Å²) in [6.07, 6.45) is 0. The Bertz CT molecular complexity index is 1830. The van der Waals surface area contributed by atoms with Crippen LogP contribution in [0.3, 0.4) is 0 Å². The molecule has 1 nitrogen and oxygen atoms in total. The second-order valence-electron chi connectivity index (χ2n) is 8.34. The van der Waals surface area contributed by atoms with Gasteiger partial charge >= 0.3 is 0 Å². The summed E-state index contributed by atoms with van der Waals surface area (Å²) in [6.45, 7) is 0. The first kappa shape index (κ1) is 18.0. The van der Waals surface area contributed by atoms with E-state index in [0.29, 0.717) is 0 Å². The molecule has 0 aliphatic carbocycles. The van der Waals surface area contributed by atoms with Crippen molar-refractivity contribution in [1.82, 2.24) is 4.57 Å². The van der Waals surface area contributed by atoms with Crippen molar-refractivity contribution in [3.05, 3.63) is 114 Å². The average molecular weight is 472 g/mol. The lowest BCUT2D eigenvalue weighted by atomic mass is 9.93. The van der Waals surface area contributed by atoms with Crippen LogP contribution in [0.5, 0.6) is 0 Å². The molecule has 1 aromatic heterocycles. The van der Waals surface area contributed by atoms with Crippen molar-refractivity contribution in [1.29, 1.82) is 0 Å². The van der Waals surface area contributed by atoms with Gasteiger partial charge in [-0.3, -0.25) is 0 Å². The molecule has 0 saturated carbocycles. The molecular weight excluding hydrogens is 454 g/mol. The highest BCUT2D eigenvalue weighted by molar-refractivity contribution is 9.10. The molecule has 0 aliphatic heterocycles. The molecule has 0 atom stereocenters. The number of fused-ring (bicyclic) bond motifs is 9. The number of nitrogens with zero attached hydrogens (tertiary/aromatic N) is 1. The summed E-state index contributed by atoms with van der Waals surface area (Å²) in [7, 11) is 0. The zero-order valence-corrected chi connectivity index (χ0v) is 18.8. The van der Waals surface area contributed by atoms with Gasteiger partial charge in [0.25, 0.3) is 0 Å². The Morgan fingerprint density at radius 2 is 0.938 bits per heavy atom. The molecule has 0 N–H and O–H groups in total. The molecule has 150 valence electrons. The molecule has 0 saturated heterocycles. The van der Waals surface area contributed by atoms with Crippen LogP contribution in [0.1, 0.15) is 0 Å². The minimum absolute atomic E-state index is 1.10. The van der Waals surface area contributed by atoms with E-state index in [9.17, 15) is 0 Å². The highest BCUT2D eigenvalue weighted by atomic mass is 79.9. The number of hydrogen-bond donors (Lipinski definition) is 0. The van der Waals surface area contributed by atoms with Gasteiger partial charge in [0.15, 0.2) is 0 Å². The summed E-state index contributed by atoms with van der Waals surface area (Å²) < 4.78 is 3.49. The van der Waals surface area contributed by atoms with Crippen LogP contribution in [0.2, 0.25) is 0 Å². The third-order valence-electron chi connectivity index (χ3n) is 6.61. The maximum Gasteiger partial charge on any atom is 0.0547 e. The van der Waals surface area contributed by atoms with Crippen LogP contribution < -0.4 is 0 Å². The molecular formula is C30H18BrN. The van der Waals surface area contributed by atoms with E-state index in [0.717, 1.165) is 4.47 Å².